The molecule has 5 nitrogen and oxygen atoms in total. The highest BCUT2D eigenvalue weighted by molar-refractivity contribution is 6.74. The van der Waals surface area contributed by atoms with Crippen molar-refractivity contribution in [3.05, 3.63) is 52.9 Å². The second-order valence-electron chi connectivity index (χ2n) is 11.9. The highest BCUT2D eigenvalue weighted by Gasteiger charge is 2.42. The van der Waals surface area contributed by atoms with Gasteiger partial charge >= 0.3 is 0 Å². The summed E-state index contributed by atoms with van der Waals surface area (Å²) in [6, 6.07) is 5.08. The van der Waals surface area contributed by atoms with Crippen LogP contribution in [0.2, 0.25) is 18.1 Å². The molecule has 0 saturated carbocycles. The molecular weight excluding hydrogens is 463 g/mol. The van der Waals surface area contributed by atoms with E-state index in [0.717, 1.165) is 23.1 Å². The fraction of sp³-hybridized carbons (Fsp3) is 0.571. The Labute approximate surface area is 210 Å². The van der Waals surface area contributed by atoms with Gasteiger partial charge in [-0.05, 0) is 77.7 Å². The highest BCUT2D eigenvalue weighted by atomic mass is 28.4. The first-order valence-corrected chi connectivity index (χ1v) is 15.1. The lowest BCUT2D eigenvalue weighted by Crippen LogP contribution is -2.46. The molecule has 0 heterocycles. The van der Waals surface area contributed by atoms with Crippen LogP contribution in [0.4, 0.5) is 4.39 Å². The maximum atomic E-state index is 14.1. The maximum absolute atomic E-state index is 14.1. The number of aliphatic carboxylic acids is 1. The van der Waals surface area contributed by atoms with E-state index in [1.807, 2.05) is 12.1 Å². The van der Waals surface area contributed by atoms with Crippen LogP contribution in [0.5, 0.6) is 0 Å². The Kier molecular flexibility index (Phi) is 9.07. The third-order valence-electron chi connectivity index (χ3n) is 7.26. The van der Waals surface area contributed by atoms with Crippen LogP contribution in [0.3, 0.4) is 0 Å². The lowest BCUT2D eigenvalue weighted by atomic mass is 9.69. The molecule has 0 bridgehead atoms. The van der Waals surface area contributed by atoms with Crippen LogP contribution >= 0.6 is 0 Å². The van der Waals surface area contributed by atoms with Gasteiger partial charge in [-0.25, -0.2) is 4.39 Å². The van der Waals surface area contributed by atoms with Crippen molar-refractivity contribution in [1.29, 1.82) is 0 Å². The number of allylic oxidation sites excluding steroid dienone is 2. The number of hydrogen-bond acceptors (Lipinski definition) is 5. The number of carboxylic acids is 1. The first-order valence-electron chi connectivity index (χ1n) is 12.2. The Morgan fingerprint density at radius 1 is 1.31 bits per heavy atom. The topological polar surface area (TPSA) is 86.7 Å². The maximum Gasteiger partial charge on any atom is 0.192 e. The average molecular weight is 504 g/mol. The number of benzene rings is 1. The summed E-state index contributed by atoms with van der Waals surface area (Å²) in [7, 11) is -2.03. The number of rotatable bonds is 9. The number of aliphatic hydroxyl groups excluding tert-OH is 1. The summed E-state index contributed by atoms with van der Waals surface area (Å²) >= 11 is 0. The summed E-state index contributed by atoms with van der Waals surface area (Å²) in [5.74, 6) is -2.31. The van der Waals surface area contributed by atoms with Crippen molar-refractivity contribution in [3.63, 3.8) is 0 Å². The van der Waals surface area contributed by atoms with Crippen LogP contribution in [-0.2, 0) is 14.0 Å². The van der Waals surface area contributed by atoms with Gasteiger partial charge in [0.05, 0.1) is 6.10 Å². The van der Waals surface area contributed by atoms with E-state index >= 15 is 0 Å². The molecule has 1 aliphatic carbocycles. The Bertz CT molecular complexity index is 1020. The van der Waals surface area contributed by atoms with Gasteiger partial charge in [0.15, 0.2) is 8.32 Å². The van der Waals surface area contributed by atoms with Crippen LogP contribution in [0, 0.1) is 18.2 Å². The van der Waals surface area contributed by atoms with Crippen LogP contribution in [0.15, 0.2) is 35.9 Å². The average Bonchev–Trinajstić information content (AvgIpc) is 2.66. The molecule has 0 saturated heterocycles. The molecular formula is C28H40FO5Si-. The molecule has 1 aromatic carbocycles. The third kappa shape index (κ3) is 7.69. The van der Waals surface area contributed by atoms with Gasteiger partial charge in [-0.1, -0.05) is 52.8 Å². The molecule has 0 aromatic heterocycles. The summed E-state index contributed by atoms with van der Waals surface area (Å²) in [6.45, 7) is 17.1. The number of ketones is 1. The van der Waals surface area contributed by atoms with Crippen LogP contribution in [-0.4, -0.2) is 37.4 Å². The molecule has 0 spiro atoms. The predicted molar refractivity (Wildman–Crippen MR) is 138 cm³/mol. The monoisotopic (exact) mass is 503 g/mol. The van der Waals surface area contributed by atoms with Gasteiger partial charge in [-0.15, -0.1) is 0 Å². The molecule has 0 amide bonds. The van der Waals surface area contributed by atoms with Gasteiger partial charge in [-0.3, -0.25) is 4.79 Å². The molecule has 7 heteroatoms. The summed E-state index contributed by atoms with van der Waals surface area (Å²) in [5, 5.41) is 21.1. The number of Topliss-reactive ketones (excluding diaryl/α,β-unsaturated/α-hetero) is 1. The number of hydrogen-bond donors (Lipinski definition) is 1. The van der Waals surface area contributed by atoms with E-state index in [1.165, 1.54) is 12.1 Å². The zero-order valence-electron chi connectivity index (χ0n) is 22.3. The molecule has 0 fully saturated rings. The second kappa shape index (κ2) is 10.9. The first kappa shape index (κ1) is 29.1. The van der Waals surface area contributed by atoms with Gasteiger partial charge in [0, 0.05) is 24.9 Å². The zero-order chi connectivity index (χ0) is 26.8. The second-order valence-corrected chi connectivity index (χ2v) is 16.6. The fourth-order valence-electron chi connectivity index (χ4n) is 4.35. The minimum Gasteiger partial charge on any atom is -0.550 e. The fourth-order valence-corrected chi connectivity index (χ4v) is 5.70. The molecule has 0 aliphatic heterocycles. The molecule has 35 heavy (non-hydrogen) atoms. The number of carbonyl (C=O) groups is 2. The number of aryl methyl sites for hydroxylation is 1. The molecule has 2 rings (SSSR count). The number of carboxylic acid groups (broad SMARTS) is 1. The Balaban J connectivity index is 2.48. The highest BCUT2D eigenvalue weighted by Crippen LogP contribution is 2.48. The smallest absolute Gasteiger partial charge is 0.192 e. The summed E-state index contributed by atoms with van der Waals surface area (Å²) < 4.78 is 20.8. The van der Waals surface area contributed by atoms with Gasteiger partial charge in [0.25, 0.3) is 0 Å². The van der Waals surface area contributed by atoms with Gasteiger partial charge in [0.2, 0.25) is 0 Å². The number of aliphatic hydroxyl groups is 1. The molecule has 1 N–H and O–H groups in total. The van der Waals surface area contributed by atoms with Crippen molar-refractivity contribution in [3.8, 4) is 0 Å². The number of halogens is 1. The quantitative estimate of drug-likeness (QED) is 0.374. The van der Waals surface area contributed by atoms with Crippen LogP contribution in [0.1, 0.15) is 71.4 Å². The van der Waals surface area contributed by atoms with E-state index in [-0.39, 0.29) is 28.8 Å². The zero-order valence-corrected chi connectivity index (χ0v) is 23.3. The van der Waals surface area contributed by atoms with E-state index in [1.54, 1.807) is 13.0 Å². The van der Waals surface area contributed by atoms with E-state index in [9.17, 15) is 24.2 Å². The molecule has 0 radical (unpaired) electrons. The van der Waals surface area contributed by atoms with Gasteiger partial charge in [-0.2, -0.15) is 0 Å². The van der Waals surface area contributed by atoms with Crippen LogP contribution in [0.25, 0.3) is 5.57 Å². The largest absolute Gasteiger partial charge is 0.550 e. The van der Waals surface area contributed by atoms with E-state index in [0.29, 0.717) is 12.0 Å². The van der Waals surface area contributed by atoms with Gasteiger partial charge < -0.3 is 19.4 Å². The minimum absolute atomic E-state index is 0.00188. The van der Waals surface area contributed by atoms with Crippen molar-refractivity contribution in [1.82, 2.24) is 0 Å². The van der Waals surface area contributed by atoms with Crippen LogP contribution < -0.4 is 5.11 Å². The summed E-state index contributed by atoms with van der Waals surface area (Å²) in [5.41, 5.74) is 3.16. The number of carbonyl (C=O) groups excluding carboxylic acids is 2. The molecule has 2 atom stereocenters. The summed E-state index contributed by atoms with van der Waals surface area (Å²) in [4.78, 5) is 22.4. The normalized spacial score (nSPS) is 19.8. The van der Waals surface area contributed by atoms with Crippen molar-refractivity contribution in [2.45, 2.75) is 97.6 Å². The standard InChI is InChI=1S/C28H41FO5Si/c1-18-13-19(9-12-25(18)29)23-16-22(34-35(7,8)27(2,3)4)17-28(5,6)24(23)11-10-20(30)14-21(31)15-26(32)33/h9-13,20,22,30H,14-17H2,1-8H3,(H,32,33)/p-1/b11-10+. The first-order chi connectivity index (χ1) is 15.9. The Morgan fingerprint density at radius 3 is 2.49 bits per heavy atom. The lowest BCUT2D eigenvalue weighted by molar-refractivity contribution is -0.304. The molecule has 1 aromatic rings. The van der Waals surface area contributed by atoms with Crippen molar-refractivity contribution >= 4 is 25.6 Å². The van der Waals surface area contributed by atoms with E-state index in [4.69, 9.17) is 4.43 Å². The van der Waals surface area contributed by atoms with E-state index < -0.39 is 32.6 Å². The van der Waals surface area contributed by atoms with Crippen molar-refractivity contribution in [2.24, 2.45) is 5.41 Å². The minimum atomic E-state index is -2.03. The Hall–Kier alpha value is -2.09. The molecule has 194 valence electrons. The predicted octanol–water partition coefficient (Wildman–Crippen LogP) is 5.11. The lowest BCUT2D eigenvalue weighted by Gasteiger charge is -2.45. The van der Waals surface area contributed by atoms with Crippen molar-refractivity contribution in [2.75, 3.05) is 0 Å². The van der Waals surface area contributed by atoms with Gasteiger partial charge in [0.1, 0.15) is 11.6 Å². The Morgan fingerprint density at radius 2 is 1.94 bits per heavy atom. The van der Waals surface area contributed by atoms with Crippen molar-refractivity contribution < 1.29 is 28.6 Å². The molecule has 1 aliphatic rings. The summed E-state index contributed by atoms with van der Waals surface area (Å²) in [6.07, 6.45) is 2.68. The third-order valence-corrected chi connectivity index (χ3v) is 11.8. The SMILES string of the molecule is Cc1cc(C2=C(/C=C/C(O)CC(=O)CC(=O)[O-])C(C)(C)CC(O[Si](C)(C)C(C)(C)C)C2)ccc1F. The van der Waals surface area contributed by atoms with E-state index in [2.05, 4.69) is 47.7 Å². The molecule has 2 unspecified atom stereocenters.